The molecule has 2 aliphatic rings. The Kier molecular flexibility index (Phi) is 7.70. The molecule has 1 unspecified atom stereocenters. The minimum absolute atomic E-state index is 0.0252. The van der Waals surface area contributed by atoms with Crippen LogP contribution in [0.5, 0.6) is 0 Å². The fourth-order valence-electron chi connectivity index (χ4n) is 5.07. The van der Waals surface area contributed by atoms with Gasteiger partial charge in [0.05, 0.1) is 6.61 Å². The molecule has 8 nitrogen and oxygen atoms in total. The fourth-order valence-corrected chi connectivity index (χ4v) is 5.07. The molecule has 0 radical (unpaired) electrons. The van der Waals surface area contributed by atoms with E-state index in [1.54, 1.807) is 7.11 Å². The van der Waals surface area contributed by atoms with Gasteiger partial charge in [0.15, 0.2) is 0 Å². The van der Waals surface area contributed by atoms with Crippen LogP contribution in [0.25, 0.3) is 11.1 Å². The average Bonchev–Trinajstić information content (AvgIpc) is 3.15. The number of methoxy groups -OCH3 is 1. The molecule has 2 amide bonds. The first-order valence-corrected chi connectivity index (χ1v) is 12.0. The highest BCUT2D eigenvalue weighted by Gasteiger charge is 2.38. The minimum Gasteiger partial charge on any atom is -0.481 e. The van der Waals surface area contributed by atoms with Crippen molar-refractivity contribution in [3.05, 3.63) is 59.7 Å². The average molecular weight is 481 g/mol. The lowest BCUT2D eigenvalue weighted by Crippen LogP contribution is -2.51. The van der Waals surface area contributed by atoms with E-state index in [0.29, 0.717) is 13.2 Å². The van der Waals surface area contributed by atoms with Crippen LogP contribution in [0, 0.1) is 5.41 Å². The molecular weight excluding hydrogens is 448 g/mol. The second kappa shape index (κ2) is 10.9. The summed E-state index contributed by atoms with van der Waals surface area (Å²) < 4.78 is 10.8. The molecule has 0 saturated heterocycles. The second-order valence-corrected chi connectivity index (χ2v) is 9.46. The monoisotopic (exact) mass is 480 g/mol. The normalized spacial score (nSPS) is 16.4. The molecule has 186 valence electrons. The van der Waals surface area contributed by atoms with E-state index < -0.39 is 24.0 Å². The van der Waals surface area contributed by atoms with Crippen LogP contribution in [0.3, 0.4) is 0 Å². The number of rotatable bonds is 11. The summed E-state index contributed by atoms with van der Waals surface area (Å²) in [6.07, 6.45) is 1.99. The number of amides is 2. The van der Waals surface area contributed by atoms with E-state index in [-0.39, 0.29) is 30.8 Å². The fraction of sp³-hybridized carbons (Fsp3) is 0.444. The maximum Gasteiger partial charge on any atom is 0.407 e. The molecule has 0 aromatic heterocycles. The number of nitrogens with one attached hydrogen (secondary N) is 2. The first-order valence-electron chi connectivity index (χ1n) is 12.0. The van der Waals surface area contributed by atoms with Crippen LogP contribution >= 0.6 is 0 Å². The Balaban J connectivity index is 1.37. The third-order valence-electron chi connectivity index (χ3n) is 7.10. The Morgan fingerprint density at radius 2 is 1.69 bits per heavy atom. The molecule has 0 aliphatic heterocycles. The lowest BCUT2D eigenvalue weighted by molar-refractivity contribution is -0.137. The van der Waals surface area contributed by atoms with E-state index in [0.717, 1.165) is 41.5 Å². The van der Waals surface area contributed by atoms with E-state index in [2.05, 4.69) is 22.8 Å². The number of fused-ring (bicyclic) bond motifs is 3. The van der Waals surface area contributed by atoms with Crippen molar-refractivity contribution in [2.24, 2.45) is 5.41 Å². The Morgan fingerprint density at radius 1 is 1.06 bits per heavy atom. The van der Waals surface area contributed by atoms with Crippen LogP contribution in [-0.4, -0.2) is 56.0 Å². The van der Waals surface area contributed by atoms with Crippen molar-refractivity contribution in [2.45, 2.75) is 44.1 Å². The quantitative estimate of drug-likeness (QED) is 0.452. The lowest BCUT2D eigenvalue weighted by Gasteiger charge is -2.41. The number of hydrogen-bond donors (Lipinski definition) is 3. The van der Waals surface area contributed by atoms with Gasteiger partial charge in [0, 0.05) is 31.4 Å². The molecule has 35 heavy (non-hydrogen) atoms. The van der Waals surface area contributed by atoms with Gasteiger partial charge in [-0.25, -0.2) is 4.79 Å². The summed E-state index contributed by atoms with van der Waals surface area (Å²) in [4.78, 5) is 36.6. The van der Waals surface area contributed by atoms with E-state index in [4.69, 9.17) is 14.6 Å². The van der Waals surface area contributed by atoms with Gasteiger partial charge < -0.3 is 25.2 Å². The predicted molar refractivity (Wildman–Crippen MR) is 130 cm³/mol. The third kappa shape index (κ3) is 5.65. The van der Waals surface area contributed by atoms with Crippen LogP contribution in [0.4, 0.5) is 4.79 Å². The maximum atomic E-state index is 12.9. The van der Waals surface area contributed by atoms with Gasteiger partial charge in [-0.2, -0.15) is 0 Å². The SMILES string of the molecule is COCC1(CNC(=O)C(CCC(=O)O)NC(=O)OCC2c3ccccc3-c3ccccc32)CCC1. The number of hydrogen-bond acceptors (Lipinski definition) is 5. The van der Waals surface area contributed by atoms with Crippen LogP contribution < -0.4 is 10.6 Å². The van der Waals surface area contributed by atoms with Gasteiger partial charge in [0.1, 0.15) is 12.6 Å². The van der Waals surface area contributed by atoms with Crippen molar-refractivity contribution in [3.63, 3.8) is 0 Å². The second-order valence-electron chi connectivity index (χ2n) is 9.46. The standard InChI is InChI=1S/C27H32N2O6/c1-34-17-27(13-6-14-27)16-28-25(32)23(11-12-24(30)31)29-26(33)35-15-22-20-9-4-2-7-18(20)19-8-3-5-10-21(19)22/h2-5,7-10,22-23H,6,11-17H2,1H3,(H,28,32)(H,29,33)(H,30,31). The number of ether oxygens (including phenoxy) is 2. The first kappa shape index (κ1) is 24.7. The van der Waals surface area contributed by atoms with Gasteiger partial charge in [-0.05, 0) is 41.5 Å². The van der Waals surface area contributed by atoms with Gasteiger partial charge in [0.2, 0.25) is 5.91 Å². The summed E-state index contributed by atoms with van der Waals surface area (Å²) >= 11 is 0. The maximum absolute atomic E-state index is 12.9. The van der Waals surface area contributed by atoms with Gasteiger partial charge in [-0.15, -0.1) is 0 Å². The molecule has 3 N–H and O–H groups in total. The Bertz CT molecular complexity index is 1040. The van der Waals surface area contributed by atoms with Crippen molar-refractivity contribution in [1.29, 1.82) is 0 Å². The Morgan fingerprint density at radius 3 is 2.23 bits per heavy atom. The number of carboxylic acid groups (broad SMARTS) is 1. The van der Waals surface area contributed by atoms with E-state index >= 15 is 0 Å². The summed E-state index contributed by atoms with van der Waals surface area (Å²) in [6.45, 7) is 1.09. The van der Waals surface area contributed by atoms with Crippen LogP contribution in [0.2, 0.25) is 0 Å². The highest BCUT2D eigenvalue weighted by Crippen LogP contribution is 2.44. The Hall–Kier alpha value is -3.39. The van der Waals surface area contributed by atoms with Gasteiger partial charge in [0.25, 0.3) is 0 Å². The van der Waals surface area contributed by atoms with Gasteiger partial charge >= 0.3 is 12.1 Å². The summed E-state index contributed by atoms with van der Waals surface area (Å²) in [7, 11) is 1.64. The highest BCUT2D eigenvalue weighted by molar-refractivity contribution is 5.86. The van der Waals surface area contributed by atoms with Gasteiger partial charge in [-0.1, -0.05) is 55.0 Å². The predicted octanol–water partition coefficient (Wildman–Crippen LogP) is 3.69. The smallest absolute Gasteiger partial charge is 0.407 e. The summed E-state index contributed by atoms with van der Waals surface area (Å²) in [5.41, 5.74) is 4.33. The Labute approximate surface area is 205 Å². The minimum atomic E-state index is -1.04. The van der Waals surface area contributed by atoms with Crippen LogP contribution in [0.15, 0.2) is 48.5 Å². The molecule has 1 fully saturated rings. The molecule has 2 aromatic rings. The first-order chi connectivity index (χ1) is 16.9. The van der Waals surface area contributed by atoms with E-state index in [1.165, 1.54) is 0 Å². The lowest BCUT2D eigenvalue weighted by atomic mass is 9.69. The molecule has 4 rings (SSSR count). The zero-order chi connectivity index (χ0) is 24.8. The van der Waals surface area contributed by atoms with Crippen molar-refractivity contribution in [3.8, 4) is 11.1 Å². The number of carbonyl (C=O) groups excluding carboxylic acids is 2. The zero-order valence-electron chi connectivity index (χ0n) is 19.9. The van der Waals surface area contributed by atoms with Crippen LogP contribution in [0.1, 0.15) is 49.1 Å². The number of benzene rings is 2. The summed E-state index contributed by atoms with van der Waals surface area (Å²) in [6, 6.07) is 15.1. The molecule has 2 aliphatic carbocycles. The van der Waals surface area contributed by atoms with Crippen molar-refractivity contribution < 1.29 is 29.0 Å². The molecular formula is C27H32N2O6. The molecule has 0 bridgehead atoms. The molecule has 0 heterocycles. The topological polar surface area (TPSA) is 114 Å². The number of aliphatic carboxylic acids is 1. The third-order valence-corrected chi connectivity index (χ3v) is 7.10. The molecule has 1 saturated carbocycles. The van der Waals surface area contributed by atoms with E-state index in [1.807, 2.05) is 36.4 Å². The van der Waals surface area contributed by atoms with Gasteiger partial charge in [-0.3, -0.25) is 9.59 Å². The van der Waals surface area contributed by atoms with Crippen molar-refractivity contribution in [1.82, 2.24) is 10.6 Å². The molecule has 1 atom stereocenters. The van der Waals surface area contributed by atoms with E-state index in [9.17, 15) is 14.4 Å². The van der Waals surface area contributed by atoms with Crippen molar-refractivity contribution >= 4 is 18.0 Å². The number of carboxylic acids is 1. The number of alkyl carbamates (subject to hydrolysis) is 1. The molecule has 8 heteroatoms. The number of carbonyl (C=O) groups is 3. The molecule has 0 spiro atoms. The van der Waals surface area contributed by atoms with Crippen LogP contribution in [-0.2, 0) is 19.1 Å². The highest BCUT2D eigenvalue weighted by atomic mass is 16.5. The summed E-state index contributed by atoms with van der Waals surface area (Å²) in [5.74, 6) is -1.55. The largest absolute Gasteiger partial charge is 0.481 e. The molecule has 2 aromatic carbocycles. The zero-order valence-corrected chi connectivity index (χ0v) is 19.9. The summed E-state index contributed by atoms with van der Waals surface area (Å²) in [5, 5.41) is 14.6. The van der Waals surface area contributed by atoms with Crippen molar-refractivity contribution in [2.75, 3.05) is 26.9 Å².